The average molecular weight is 170 g/mol. The van der Waals surface area contributed by atoms with Crippen molar-refractivity contribution >= 4 is 11.7 Å². The summed E-state index contributed by atoms with van der Waals surface area (Å²) in [5, 5.41) is 7.43. The van der Waals surface area contributed by atoms with Crippen LogP contribution in [0.5, 0.6) is 0 Å². The molecule has 1 atom stereocenters. The molecule has 0 amide bonds. The first-order valence-electron chi connectivity index (χ1n) is 4.18. The highest BCUT2D eigenvalue weighted by Crippen LogP contribution is 2.09. The number of hydrogen-bond donors (Lipinski definition) is 3. The molecule has 0 aromatic rings. The Morgan fingerprint density at radius 3 is 2.42 bits per heavy atom. The predicted molar refractivity (Wildman–Crippen MR) is 52.5 cm³/mol. The van der Waals surface area contributed by atoms with Gasteiger partial charge in [0.05, 0.1) is 0 Å². The van der Waals surface area contributed by atoms with Crippen molar-refractivity contribution in [3.05, 3.63) is 0 Å². The van der Waals surface area contributed by atoms with E-state index in [4.69, 9.17) is 16.9 Å². The monoisotopic (exact) mass is 170 g/mol. The third-order valence-electron chi connectivity index (χ3n) is 1.88. The Labute approximate surface area is 73.6 Å². The van der Waals surface area contributed by atoms with Crippen LogP contribution in [0.3, 0.4) is 0 Å². The smallest absolute Gasteiger partial charge is 0.185 e. The molecule has 5 N–H and O–H groups in total. The van der Waals surface area contributed by atoms with Gasteiger partial charge in [0.1, 0.15) is 0 Å². The zero-order valence-corrected chi connectivity index (χ0v) is 7.80. The van der Waals surface area contributed by atoms with Crippen LogP contribution in [0.1, 0.15) is 26.7 Å². The fourth-order valence-electron chi connectivity index (χ4n) is 1.08. The van der Waals surface area contributed by atoms with E-state index in [1.165, 1.54) is 0 Å². The number of nitrogens with two attached hydrogens (primary N) is 2. The first-order valence-corrected chi connectivity index (χ1v) is 4.18. The van der Waals surface area contributed by atoms with E-state index in [9.17, 15) is 0 Å². The van der Waals surface area contributed by atoms with Gasteiger partial charge in [-0.3, -0.25) is 4.99 Å². The second-order valence-electron chi connectivity index (χ2n) is 2.88. The molecule has 0 aliphatic rings. The standard InChI is InChI=1S/C8H18N4/c1-3-7(6(2)9)4-5-12-8(10)11/h7,9H,3-5H2,1-2H3,(H4,10,11,12). The first-order chi connectivity index (χ1) is 5.57. The molecule has 0 spiro atoms. The zero-order chi connectivity index (χ0) is 9.56. The Morgan fingerprint density at radius 2 is 2.08 bits per heavy atom. The summed E-state index contributed by atoms with van der Waals surface area (Å²) in [7, 11) is 0. The molecule has 0 aromatic heterocycles. The maximum absolute atomic E-state index is 7.43. The third-order valence-corrected chi connectivity index (χ3v) is 1.88. The largest absolute Gasteiger partial charge is 0.370 e. The number of rotatable bonds is 5. The number of nitrogens with one attached hydrogen (secondary N) is 1. The summed E-state index contributed by atoms with van der Waals surface area (Å²) in [6, 6.07) is 0. The third kappa shape index (κ3) is 4.71. The minimum Gasteiger partial charge on any atom is -0.370 e. The summed E-state index contributed by atoms with van der Waals surface area (Å²) in [5.41, 5.74) is 11.1. The SMILES string of the molecule is CCC(CCN=C(N)N)C(C)=N. The molecule has 0 heterocycles. The highest BCUT2D eigenvalue weighted by molar-refractivity contribution is 5.81. The van der Waals surface area contributed by atoms with Crippen molar-refractivity contribution in [1.82, 2.24) is 0 Å². The van der Waals surface area contributed by atoms with Gasteiger partial charge in [0, 0.05) is 12.3 Å². The van der Waals surface area contributed by atoms with Crippen LogP contribution in [-0.2, 0) is 0 Å². The van der Waals surface area contributed by atoms with Crippen molar-refractivity contribution in [2.75, 3.05) is 6.54 Å². The molecule has 70 valence electrons. The number of hydrogen-bond acceptors (Lipinski definition) is 2. The second-order valence-corrected chi connectivity index (χ2v) is 2.88. The Kier molecular flexibility index (Phi) is 5.08. The van der Waals surface area contributed by atoms with Gasteiger partial charge >= 0.3 is 0 Å². The van der Waals surface area contributed by atoms with Crippen LogP contribution < -0.4 is 11.5 Å². The highest BCUT2D eigenvalue weighted by atomic mass is 15.0. The van der Waals surface area contributed by atoms with E-state index in [0.717, 1.165) is 12.8 Å². The summed E-state index contributed by atoms with van der Waals surface area (Å²) in [4.78, 5) is 3.87. The molecular weight excluding hydrogens is 152 g/mol. The topological polar surface area (TPSA) is 88.2 Å². The van der Waals surface area contributed by atoms with E-state index in [-0.39, 0.29) is 5.96 Å². The van der Waals surface area contributed by atoms with Crippen molar-refractivity contribution in [2.45, 2.75) is 26.7 Å². The van der Waals surface area contributed by atoms with Crippen LogP contribution in [0, 0.1) is 11.3 Å². The molecule has 0 bridgehead atoms. The van der Waals surface area contributed by atoms with Gasteiger partial charge in [-0.15, -0.1) is 0 Å². The van der Waals surface area contributed by atoms with Crippen molar-refractivity contribution in [3.63, 3.8) is 0 Å². The Balaban J connectivity index is 3.74. The van der Waals surface area contributed by atoms with Gasteiger partial charge in [-0.1, -0.05) is 6.92 Å². The first kappa shape index (κ1) is 10.9. The molecule has 0 saturated heterocycles. The summed E-state index contributed by atoms with van der Waals surface area (Å²) < 4.78 is 0. The number of nitrogens with zero attached hydrogens (tertiary/aromatic N) is 1. The minimum absolute atomic E-state index is 0.132. The van der Waals surface area contributed by atoms with E-state index in [2.05, 4.69) is 11.9 Å². The van der Waals surface area contributed by atoms with Crippen LogP contribution >= 0.6 is 0 Å². The summed E-state index contributed by atoms with van der Waals surface area (Å²) in [6.45, 7) is 4.51. The van der Waals surface area contributed by atoms with E-state index >= 15 is 0 Å². The Hall–Kier alpha value is -1.06. The predicted octanol–water partition coefficient (Wildman–Crippen LogP) is 0.716. The van der Waals surface area contributed by atoms with E-state index < -0.39 is 0 Å². The van der Waals surface area contributed by atoms with Gasteiger partial charge in [0.2, 0.25) is 0 Å². The molecule has 12 heavy (non-hydrogen) atoms. The molecule has 1 unspecified atom stereocenters. The fourth-order valence-corrected chi connectivity index (χ4v) is 1.08. The highest BCUT2D eigenvalue weighted by Gasteiger charge is 2.06. The average Bonchev–Trinajstić information content (AvgIpc) is 1.96. The van der Waals surface area contributed by atoms with Gasteiger partial charge in [0.15, 0.2) is 5.96 Å². The molecule has 0 rings (SSSR count). The van der Waals surface area contributed by atoms with Crippen molar-refractivity contribution in [3.8, 4) is 0 Å². The lowest BCUT2D eigenvalue weighted by Gasteiger charge is -2.10. The van der Waals surface area contributed by atoms with Crippen molar-refractivity contribution in [2.24, 2.45) is 22.4 Å². The quantitative estimate of drug-likeness (QED) is 0.419. The van der Waals surface area contributed by atoms with Gasteiger partial charge in [0.25, 0.3) is 0 Å². The van der Waals surface area contributed by atoms with E-state index in [1.807, 2.05) is 6.92 Å². The van der Waals surface area contributed by atoms with Gasteiger partial charge in [-0.05, 0) is 25.7 Å². The van der Waals surface area contributed by atoms with E-state index in [1.54, 1.807) is 0 Å². The maximum Gasteiger partial charge on any atom is 0.185 e. The molecule has 0 aromatic carbocycles. The molecule has 0 aliphatic heterocycles. The van der Waals surface area contributed by atoms with Crippen LogP contribution in [0.25, 0.3) is 0 Å². The van der Waals surface area contributed by atoms with Crippen LogP contribution in [0.15, 0.2) is 4.99 Å². The lowest BCUT2D eigenvalue weighted by Crippen LogP contribution is -2.23. The van der Waals surface area contributed by atoms with Crippen molar-refractivity contribution in [1.29, 1.82) is 5.41 Å². The van der Waals surface area contributed by atoms with Gasteiger partial charge < -0.3 is 16.9 Å². The second kappa shape index (κ2) is 5.57. The van der Waals surface area contributed by atoms with Crippen LogP contribution in [-0.4, -0.2) is 18.2 Å². The van der Waals surface area contributed by atoms with Crippen LogP contribution in [0.2, 0.25) is 0 Å². The Bertz CT molecular complexity index is 170. The normalized spacial score (nSPS) is 12.2. The van der Waals surface area contributed by atoms with Crippen molar-refractivity contribution < 1.29 is 0 Å². The number of aliphatic imine (C=N–C) groups is 1. The van der Waals surface area contributed by atoms with Crippen LogP contribution in [0.4, 0.5) is 0 Å². The molecule has 0 radical (unpaired) electrons. The molecule has 0 aliphatic carbocycles. The molecule has 0 fully saturated rings. The fraction of sp³-hybridized carbons (Fsp3) is 0.750. The summed E-state index contributed by atoms with van der Waals surface area (Å²) >= 11 is 0. The number of guanidine groups is 1. The summed E-state index contributed by atoms with van der Waals surface area (Å²) in [6.07, 6.45) is 1.85. The molecule has 4 heteroatoms. The summed E-state index contributed by atoms with van der Waals surface area (Å²) in [5.74, 6) is 0.459. The lowest BCUT2D eigenvalue weighted by atomic mass is 9.98. The van der Waals surface area contributed by atoms with Gasteiger partial charge in [-0.2, -0.15) is 0 Å². The molecule has 4 nitrogen and oxygen atoms in total. The van der Waals surface area contributed by atoms with E-state index in [0.29, 0.717) is 18.2 Å². The Morgan fingerprint density at radius 1 is 1.50 bits per heavy atom. The molecule has 0 saturated carbocycles. The molecular formula is C8H18N4. The minimum atomic E-state index is 0.132. The zero-order valence-electron chi connectivity index (χ0n) is 7.80. The van der Waals surface area contributed by atoms with Gasteiger partial charge in [-0.25, -0.2) is 0 Å². The maximum atomic E-state index is 7.43. The lowest BCUT2D eigenvalue weighted by molar-refractivity contribution is 0.609.